The molecule has 0 aromatic carbocycles. The van der Waals surface area contributed by atoms with Gasteiger partial charge in [-0.15, -0.1) is 0 Å². The number of anilines is 1. The topological polar surface area (TPSA) is 106 Å². The van der Waals surface area contributed by atoms with E-state index in [2.05, 4.69) is 19.9 Å². The predicted octanol–water partition coefficient (Wildman–Crippen LogP) is -0.0991. The van der Waals surface area contributed by atoms with Crippen LogP contribution in [0.1, 0.15) is 0 Å². The van der Waals surface area contributed by atoms with Gasteiger partial charge < -0.3 is 10.7 Å². The molecule has 0 aliphatic heterocycles. The SMILES string of the molecule is NSc1nc(N)nc2[nH]cnc12. The van der Waals surface area contributed by atoms with Crippen molar-refractivity contribution in [1.29, 1.82) is 0 Å². The molecule has 62 valence electrons. The van der Waals surface area contributed by atoms with Gasteiger partial charge in [0, 0.05) is 0 Å². The second-order valence-corrected chi connectivity index (χ2v) is 2.73. The summed E-state index contributed by atoms with van der Waals surface area (Å²) in [5, 5.41) is 5.94. The van der Waals surface area contributed by atoms with Crippen LogP contribution >= 0.6 is 11.9 Å². The zero-order chi connectivity index (χ0) is 8.55. The maximum Gasteiger partial charge on any atom is 0.223 e. The highest BCUT2D eigenvalue weighted by atomic mass is 32.2. The van der Waals surface area contributed by atoms with Gasteiger partial charge in [-0.1, -0.05) is 0 Å². The number of nitrogens with zero attached hydrogens (tertiary/aromatic N) is 3. The molecule has 0 bridgehead atoms. The molecule has 0 unspecified atom stereocenters. The minimum absolute atomic E-state index is 0.194. The van der Waals surface area contributed by atoms with Crippen molar-refractivity contribution in [2.45, 2.75) is 5.03 Å². The Bertz CT molecular complexity index is 409. The van der Waals surface area contributed by atoms with Gasteiger partial charge in [0.1, 0.15) is 10.5 Å². The van der Waals surface area contributed by atoms with E-state index in [-0.39, 0.29) is 5.95 Å². The zero-order valence-electron chi connectivity index (χ0n) is 5.98. The third-order valence-corrected chi connectivity index (χ3v) is 1.88. The first-order chi connectivity index (χ1) is 5.81. The van der Waals surface area contributed by atoms with Crippen LogP contribution in [0.4, 0.5) is 5.95 Å². The van der Waals surface area contributed by atoms with Gasteiger partial charge in [0.15, 0.2) is 5.65 Å². The fraction of sp³-hybridized carbons (Fsp3) is 0. The number of nitrogens with two attached hydrogens (primary N) is 2. The van der Waals surface area contributed by atoms with E-state index in [1.165, 1.54) is 6.33 Å². The number of nitrogens with one attached hydrogen (secondary N) is 1. The molecule has 2 rings (SSSR count). The molecule has 0 saturated carbocycles. The van der Waals surface area contributed by atoms with Crippen molar-refractivity contribution in [1.82, 2.24) is 19.9 Å². The van der Waals surface area contributed by atoms with E-state index in [0.717, 1.165) is 11.9 Å². The zero-order valence-corrected chi connectivity index (χ0v) is 6.80. The fourth-order valence-electron chi connectivity index (χ4n) is 0.908. The summed E-state index contributed by atoms with van der Waals surface area (Å²) in [7, 11) is 0. The number of rotatable bonds is 1. The van der Waals surface area contributed by atoms with Gasteiger partial charge in [-0.2, -0.15) is 4.98 Å². The lowest BCUT2D eigenvalue weighted by Crippen LogP contribution is -1.98. The Morgan fingerprint density at radius 3 is 3.00 bits per heavy atom. The monoisotopic (exact) mass is 182 g/mol. The molecule has 6 nitrogen and oxygen atoms in total. The number of aromatic nitrogens is 4. The molecule has 2 aromatic heterocycles. The second kappa shape index (κ2) is 2.61. The number of hydrogen-bond donors (Lipinski definition) is 3. The molecule has 7 heteroatoms. The minimum Gasteiger partial charge on any atom is -0.368 e. The number of fused-ring (bicyclic) bond motifs is 1. The van der Waals surface area contributed by atoms with E-state index in [4.69, 9.17) is 10.9 Å². The van der Waals surface area contributed by atoms with Crippen LogP contribution in [0, 0.1) is 0 Å². The molecule has 0 aliphatic carbocycles. The van der Waals surface area contributed by atoms with E-state index < -0.39 is 0 Å². The van der Waals surface area contributed by atoms with Crippen LogP contribution in [-0.2, 0) is 0 Å². The number of aromatic amines is 1. The summed E-state index contributed by atoms with van der Waals surface area (Å²) in [6.45, 7) is 0. The molecule has 0 atom stereocenters. The van der Waals surface area contributed by atoms with Crippen molar-refractivity contribution >= 4 is 29.1 Å². The third kappa shape index (κ3) is 0.990. The standard InChI is InChI=1S/C5H6N6S/c6-5-10-3-2(8-1-9-3)4(11-5)12-7/h1H,7H2,(H3,6,8,9,10,11). The largest absolute Gasteiger partial charge is 0.368 e. The van der Waals surface area contributed by atoms with Gasteiger partial charge in [-0.05, 0) is 11.9 Å². The van der Waals surface area contributed by atoms with Gasteiger partial charge in [0.2, 0.25) is 5.95 Å². The van der Waals surface area contributed by atoms with Crippen LogP contribution in [0.3, 0.4) is 0 Å². The van der Waals surface area contributed by atoms with E-state index in [9.17, 15) is 0 Å². The number of hydrogen-bond acceptors (Lipinski definition) is 6. The molecular weight excluding hydrogens is 176 g/mol. The van der Waals surface area contributed by atoms with Crippen molar-refractivity contribution in [3.8, 4) is 0 Å². The van der Waals surface area contributed by atoms with Gasteiger partial charge in [0.05, 0.1) is 6.33 Å². The van der Waals surface area contributed by atoms with Crippen molar-refractivity contribution in [3.05, 3.63) is 6.33 Å². The molecule has 12 heavy (non-hydrogen) atoms. The lowest BCUT2D eigenvalue weighted by molar-refractivity contribution is 1.10. The average molecular weight is 182 g/mol. The van der Waals surface area contributed by atoms with Crippen LogP contribution in [0.15, 0.2) is 11.4 Å². The summed E-state index contributed by atoms with van der Waals surface area (Å²) in [6, 6.07) is 0. The predicted molar refractivity (Wildman–Crippen MR) is 46.1 cm³/mol. The molecule has 2 heterocycles. The number of H-pyrrole nitrogens is 1. The molecule has 0 fully saturated rings. The third-order valence-electron chi connectivity index (χ3n) is 1.38. The van der Waals surface area contributed by atoms with Crippen LogP contribution in [0.25, 0.3) is 11.2 Å². The summed E-state index contributed by atoms with van der Waals surface area (Å²) in [5.74, 6) is 0.194. The smallest absolute Gasteiger partial charge is 0.223 e. The summed E-state index contributed by atoms with van der Waals surface area (Å²) in [5.41, 5.74) is 6.68. The maximum atomic E-state index is 5.42. The minimum atomic E-state index is 0.194. The Kier molecular flexibility index (Phi) is 1.59. The Morgan fingerprint density at radius 2 is 2.25 bits per heavy atom. The summed E-state index contributed by atoms with van der Waals surface area (Å²) < 4.78 is 0. The molecule has 0 aliphatic rings. The van der Waals surface area contributed by atoms with Crippen LogP contribution in [0.2, 0.25) is 0 Å². The number of nitrogen functional groups attached to an aromatic ring is 1. The van der Waals surface area contributed by atoms with Crippen molar-refractivity contribution < 1.29 is 0 Å². The maximum absolute atomic E-state index is 5.42. The first-order valence-corrected chi connectivity index (χ1v) is 4.02. The molecule has 2 aromatic rings. The Morgan fingerprint density at radius 1 is 1.42 bits per heavy atom. The normalized spacial score (nSPS) is 10.8. The summed E-state index contributed by atoms with van der Waals surface area (Å²) in [4.78, 5) is 14.7. The number of imidazole rings is 1. The van der Waals surface area contributed by atoms with E-state index in [1.54, 1.807) is 0 Å². The highest BCUT2D eigenvalue weighted by molar-refractivity contribution is 7.97. The highest BCUT2D eigenvalue weighted by Crippen LogP contribution is 2.18. The first-order valence-electron chi connectivity index (χ1n) is 3.14. The van der Waals surface area contributed by atoms with Gasteiger partial charge in [-0.3, -0.25) is 5.14 Å². The van der Waals surface area contributed by atoms with Crippen LogP contribution in [0.5, 0.6) is 0 Å². The lowest BCUT2D eigenvalue weighted by Gasteiger charge is -1.96. The van der Waals surface area contributed by atoms with Gasteiger partial charge >= 0.3 is 0 Å². The average Bonchev–Trinajstić information content (AvgIpc) is 2.50. The van der Waals surface area contributed by atoms with Crippen LogP contribution < -0.4 is 10.9 Å². The molecule has 0 radical (unpaired) electrons. The molecule has 5 N–H and O–H groups in total. The van der Waals surface area contributed by atoms with Gasteiger partial charge in [-0.25, -0.2) is 9.97 Å². The summed E-state index contributed by atoms with van der Waals surface area (Å²) >= 11 is 1.00. The molecule has 0 saturated heterocycles. The van der Waals surface area contributed by atoms with Crippen LogP contribution in [-0.4, -0.2) is 19.9 Å². The Balaban J connectivity index is 2.80. The molecule has 0 amide bonds. The first kappa shape index (κ1) is 7.32. The van der Waals surface area contributed by atoms with E-state index >= 15 is 0 Å². The molecular formula is C5H6N6S. The molecule has 0 spiro atoms. The fourth-order valence-corrected chi connectivity index (χ4v) is 1.32. The van der Waals surface area contributed by atoms with Gasteiger partial charge in [0.25, 0.3) is 0 Å². The lowest BCUT2D eigenvalue weighted by atomic mass is 10.5. The Hall–Kier alpha value is -1.34. The second-order valence-electron chi connectivity index (χ2n) is 2.10. The Labute approximate surface area is 71.9 Å². The quantitative estimate of drug-likeness (QED) is 0.420. The van der Waals surface area contributed by atoms with Crippen molar-refractivity contribution in [2.24, 2.45) is 5.14 Å². The summed E-state index contributed by atoms with van der Waals surface area (Å²) in [6.07, 6.45) is 1.53. The van der Waals surface area contributed by atoms with E-state index in [0.29, 0.717) is 16.2 Å². The van der Waals surface area contributed by atoms with Crippen molar-refractivity contribution in [2.75, 3.05) is 5.73 Å². The van der Waals surface area contributed by atoms with Crippen molar-refractivity contribution in [3.63, 3.8) is 0 Å². The highest BCUT2D eigenvalue weighted by Gasteiger charge is 2.06. The van der Waals surface area contributed by atoms with E-state index in [1.807, 2.05) is 0 Å².